The van der Waals surface area contributed by atoms with Crippen LogP contribution in [0.5, 0.6) is 0 Å². The van der Waals surface area contributed by atoms with Crippen molar-refractivity contribution in [3.8, 4) is 0 Å². The summed E-state index contributed by atoms with van der Waals surface area (Å²) in [6.45, 7) is 1.17. The van der Waals surface area contributed by atoms with Gasteiger partial charge in [0.15, 0.2) is 9.84 Å². The number of hydrogen-bond donors (Lipinski definition) is 1. The maximum atomic E-state index is 12.4. The zero-order chi connectivity index (χ0) is 14.8. The Kier molecular flexibility index (Phi) is 4.39. The van der Waals surface area contributed by atoms with Crippen LogP contribution in [-0.4, -0.2) is 32.5 Å². The van der Waals surface area contributed by atoms with Gasteiger partial charge in [-0.1, -0.05) is 12.1 Å². The topological polar surface area (TPSA) is 46.2 Å². The maximum Gasteiger partial charge on any atom is 0.416 e. The molecule has 7 heteroatoms. The second kappa shape index (κ2) is 5.73. The van der Waals surface area contributed by atoms with Crippen molar-refractivity contribution in [2.45, 2.75) is 24.3 Å². The monoisotopic (exact) mass is 307 g/mol. The highest BCUT2D eigenvalue weighted by atomic mass is 32.2. The second-order valence-electron chi connectivity index (χ2n) is 4.93. The Morgan fingerprint density at radius 2 is 1.85 bits per heavy atom. The number of rotatable bonds is 4. The molecule has 1 atom stereocenters. The van der Waals surface area contributed by atoms with Crippen LogP contribution in [0.3, 0.4) is 0 Å². The molecule has 1 fully saturated rings. The van der Waals surface area contributed by atoms with Crippen LogP contribution in [0.15, 0.2) is 24.3 Å². The fourth-order valence-electron chi connectivity index (χ4n) is 2.22. The smallest absolute Gasteiger partial charge is 0.315 e. The molecule has 0 aromatic heterocycles. The third-order valence-electron chi connectivity index (χ3n) is 3.48. The van der Waals surface area contributed by atoms with Crippen molar-refractivity contribution < 1.29 is 21.6 Å². The van der Waals surface area contributed by atoms with Gasteiger partial charge < -0.3 is 5.32 Å². The molecule has 1 unspecified atom stereocenters. The van der Waals surface area contributed by atoms with Gasteiger partial charge in [-0.25, -0.2) is 8.42 Å². The summed E-state index contributed by atoms with van der Waals surface area (Å²) in [5.41, 5.74) is -0.114. The summed E-state index contributed by atoms with van der Waals surface area (Å²) in [6.07, 6.45) is -3.51. The molecule has 1 aliphatic heterocycles. The molecule has 1 heterocycles. The lowest BCUT2D eigenvalue weighted by Gasteiger charge is -2.11. The highest BCUT2D eigenvalue weighted by molar-refractivity contribution is 7.92. The summed E-state index contributed by atoms with van der Waals surface area (Å²) in [6, 6.07) is 4.65. The largest absolute Gasteiger partial charge is 0.416 e. The number of benzene rings is 1. The first-order chi connectivity index (χ1) is 9.29. The first kappa shape index (κ1) is 15.3. The molecule has 3 nitrogen and oxygen atoms in total. The van der Waals surface area contributed by atoms with Crippen molar-refractivity contribution in [1.29, 1.82) is 0 Å². The van der Waals surface area contributed by atoms with Gasteiger partial charge in [-0.15, -0.1) is 0 Å². The first-order valence-corrected chi connectivity index (χ1v) is 8.09. The minimum Gasteiger partial charge on any atom is -0.315 e. The minimum atomic E-state index is -4.36. The fourth-order valence-corrected chi connectivity index (χ4v) is 3.92. The number of nitrogens with one attached hydrogen (secondary N) is 1. The van der Waals surface area contributed by atoms with E-state index in [0.717, 1.165) is 12.1 Å². The summed E-state index contributed by atoms with van der Waals surface area (Å²) in [5.74, 6) is -0.0231. The van der Waals surface area contributed by atoms with Crippen molar-refractivity contribution >= 4 is 9.84 Å². The van der Waals surface area contributed by atoms with Gasteiger partial charge in [0.2, 0.25) is 0 Å². The number of hydrogen-bond acceptors (Lipinski definition) is 3. The quantitative estimate of drug-likeness (QED) is 0.926. The lowest BCUT2D eigenvalue weighted by atomic mass is 10.1. The van der Waals surface area contributed by atoms with Crippen LogP contribution in [0.4, 0.5) is 13.2 Å². The van der Waals surface area contributed by atoms with Gasteiger partial charge in [0, 0.05) is 6.54 Å². The Bertz CT molecular complexity index is 546. The predicted octanol–water partition coefficient (Wildman–Crippen LogP) is 2.02. The van der Waals surface area contributed by atoms with Gasteiger partial charge in [0.25, 0.3) is 0 Å². The molecule has 0 saturated carbocycles. The van der Waals surface area contributed by atoms with Crippen LogP contribution in [0.2, 0.25) is 0 Å². The predicted molar refractivity (Wildman–Crippen MR) is 70.2 cm³/mol. The summed E-state index contributed by atoms with van der Waals surface area (Å²) in [4.78, 5) is 0. The molecule has 1 aromatic rings. The lowest BCUT2D eigenvalue weighted by Crippen LogP contribution is -2.27. The Labute approximate surface area is 116 Å². The van der Waals surface area contributed by atoms with E-state index >= 15 is 0 Å². The van der Waals surface area contributed by atoms with Crippen LogP contribution >= 0.6 is 0 Å². The standard InChI is InChI=1S/C13H16F3NO2S/c14-13(15,16)11-3-1-10(2-4-11)6-8-20(18,19)12-5-7-17-9-12/h1-4,12,17H,5-9H2. The highest BCUT2D eigenvalue weighted by Crippen LogP contribution is 2.29. The maximum absolute atomic E-state index is 12.4. The number of alkyl halides is 3. The summed E-state index contributed by atoms with van der Waals surface area (Å²) < 4.78 is 61.2. The van der Waals surface area contributed by atoms with E-state index in [-0.39, 0.29) is 17.4 Å². The van der Waals surface area contributed by atoms with Crippen LogP contribution in [0.25, 0.3) is 0 Å². The van der Waals surface area contributed by atoms with E-state index in [1.54, 1.807) is 0 Å². The van der Waals surface area contributed by atoms with Crippen LogP contribution < -0.4 is 5.32 Å². The molecule has 0 spiro atoms. The molecular weight excluding hydrogens is 291 g/mol. The van der Waals surface area contributed by atoms with E-state index < -0.39 is 21.6 Å². The van der Waals surface area contributed by atoms with Crippen LogP contribution in [0.1, 0.15) is 17.5 Å². The van der Waals surface area contributed by atoms with Crippen LogP contribution in [-0.2, 0) is 22.4 Å². The Balaban J connectivity index is 1.97. The number of aryl methyl sites for hydroxylation is 1. The molecule has 112 valence electrons. The summed E-state index contributed by atoms with van der Waals surface area (Å²) in [5, 5.41) is 2.63. The van der Waals surface area contributed by atoms with Crippen molar-refractivity contribution in [3.63, 3.8) is 0 Å². The molecule has 1 saturated heterocycles. The van der Waals surface area contributed by atoms with Crippen molar-refractivity contribution in [2.24, 2.45) is 0 Å². The summed E-state index contributed by atoms with van der Waals surface area (Å²) in [7, 11) is -3.18. The van der Waals surface area contributed by atoms with Gasteiger partial charge in [-0.2, -0.15) is 13.2 Å². The fraction of sp³-hybridized carbons (Fsp3) is 0.538. The molecule has 0 amide bonds. The van der Waals surface area contributed by atoms with E-state index in [4.69, 9.17) is 0 Å². The molecule has 0 radical (unpaired) electrons. The van der Waals surface area contributed by atoms with Crippen molar-refractivity contribution in [1.82, 2.24) is 5.32 Å². The van der Waals surface area contributed by atoms with Gasteiger partial charge in [-0.3, -0.25) is 0 Å². The van der Waals surface area contributed by atoms with E-state index in [9.17, 15) is 21.6 Å². The average molecular weight is 307 g/mol. The summed E-state index contributed by atoms with van der Waals surface area (Å²) >= 11 is 0. The van der Waals surface area contributed by atoms with Crippen molar-refractivity contribution in [2.75, 3.05) is 18.8 Å². The van der Waals surface area contributed by atoms with Gasteiger partial charge in [0.05, 0.1) is 16.6 Å². The minimum absolute atomic E-state index is 0.0231. The molecule has 0 bridgehead atoms. The van der Waals surface area contributed by atoms with Gasteiger partial charge in [0.1, 0.15) is 0 Å². The van der Waals surface area contributed by atoms with Crippen molar-refractivity contribution in [3.05, 3.63) is 35.4 Å². The van der Waals surface area contributed by atoms with E-state index in [2.05, 4.69) is 5.32 Å². The Morgan fingerprint density at radius 3 is 2.35 bits per heavy atom. The highest BCUT2D eigenvalue weighted by Gasteiger charge is 2.30. The molecule has 1 N–H and O–H groups in total. The third-order valence-corrected chi connectivity index (χ3v) is 5.67. The molecular formula is C13H16F3NO2S. The first-order valence-electron chi connectivity index (χ1n) is 6.37. The Morgan fingerprint density at radius 1 is 1.20 bits per heavy atom. The van der Waals surface area contributed by atoms with E-state index in [1.807, 2.05) is 0 Å². The molecule has 0 aliphatic carbocycles. The molecule has 1 aliphatic rings. The number of halogens is 3. The molecule has 2 rings (SSSR count). The van der Waals surface area contributed by atoms with E-state index in [0.29, 0.717) is 25.1 Å². The molecule has 20 heavy (non-hydrogen) atoms. The van der Waals surface area contributed by atoms with Gasteiger partial charge >= 0.3 is 6.18 Å². The SMILES string of the molecule is O=S(=O)(CCc1ccc(C(F)(F)F)cc1)C1CCNC1. The average Bonchev–Trinajstić information content (AvgIpc) is 2.90. The Hall–Kier alpha value is -1.08. The third kappa shape index (κ3) is 3.73. The second-order valence-corrected chi connectivity index (χ2v) is 7.33. The number of sulfone groups is 1. The zero-order valence-corrected chi connectivity index (χ0v) is 11.6. The van der Waals surface area contributed by atoms with E-state index in [1.165, 1.54) is 12.1 Å². The zero-order valence-electron chi connectivity index (χ0n) is 10.8. The molecule has 1 aromatic carbocycles. The normalized spacial score (nSPS) is 20.2. The lowest BCUT2D eigenvalue weighted by molar-refractivity contribution is -0.137. The van der Waals surface area contributed by atoms with Gasteiger partial charge in [-0.05, 0) is 37.1 Å². The van der Waals surface area contributed by atoms with Crippen LogP contribution in [0, 0.1) is 0 Å².